The smallest absolute Gasteiger partial charge is 0.184 e. The van der Waals surface area contributed by atoms with Gasteiger partial charge in [0.15, 0.2) is 5.78 Å². The summed E-state index contributed by atoms with van der Waals surface area (Å²) in [7, 11) is 0. The van der Waals surface area contributed by atoms with Gasteiger partial charge in [0.25, 0.3) is 0 Å². The van der Waals surface area contributed by atoms with Gasteiger partial charge in [-0.2, -0.15) is 5.48 Å². The second kappa shape index (κ2) is 5.21. The van der Waals surface area contributed by atoms with Gasteiger partial charge in [-0.15, -0.1) is 12.4 Å². The first kappa shape index (κ1) is 14.0. The molecule has 0 fully saturated rings. The summed E-state index contributed by atoms with van der Waals surface area (Å²) in [6.07, 6.45) is 0. The fraction of sp³-hybridized carbons (Fsp3) is 0.300. The maximum atomic E-state index is 12.6. The standard InChI is InChI=1S/C10H12FNO2.ClH/c1-10(2,12-14)9(13)7-3-5-8(11)6-4-7;/h3-6,12,14H,1-2H3;1H. The predicted octanol–water partition coefficient (Wildman–Crippen LogP) is 2.19. The van der Waals surface area contributed by atoms with Gasteiger partial charge in [0.1, 0.15) is 11.4 Å². The highest BCUT2D eigenvalue weighted by Gasteiger charge is 2.27. The molecule has 0 saturated carbocycles. The molecule has 1 rings (SSSR count). The van der Waals surface area contributed by atoms with Gasteiger partial charge in [-0.25, -0.2) is 4.39 Å². The fourth-order valence-electron chi connectivity index (χ4n) is 1.01. The van der Waals surface area contributed by atoms with Gasteiger partial charge in [-0.3, -0.25) is 4.79 Å². The molecule has 1 aromatic rings. The maximum absolute atomic E-state index is 12.6. The number of ketones is 1. The summed E-state index contributed by atoms with van der Waals surface area (Å²) in [4.78, 5) is 11.7. The van der Waals surface area contributed by atoms with Crippen molar-refractivity contribution < 1.29 is 14.4 Å². The van der Waals surface area contributed by atoms with Crippen LogP contribution in [0.15, 0.2) is 24.3 Å². The number of hydrogen-bond donors (Lipinski definition) is 2. The summed E-state index contributed by atoms with van der Waals surface area (Å²) in [5.41, 5.74) is 1.21. The number of hydrogen-bond acceptors (Lipinski definition) is 3. The molecular formula is C10H13ClFNO2. The molecule has 0 atom stereocenters. The largest absolute Gasteiger partial charge is 0.316 e. The summed E-state index contributed by atoms with van der Waals surface area (Å²) in [5.74, 6) is -0.684. The first-order valence-corrected chi connectivity index (χ1v) is 4.19. The van der Waals surface area contributed by atoms with Gasteiger partial charge in [0, 0.05) is 5.56 Å². The Labute approximate surface area is 93.7 Å². The molecule has 0 radical (unpaired) electrons. The van der Waals surface area contributed by atoms with Gasteiger partial charge in [-0.1, -0.05) is 0 Å². The molecule has 2 N–H and O–H groups in total. The van der Waals surface area contributed by atoms with E-state index in [1.807, 2.05) is 5.48 Å². The molecule has 0 aliphatic carbocycles. The Bertz CT molecular complexity index is 338. The van der Waals surface area contributed by atoms with Gasteiger partial charge < -0.3 is 5.21 Å². The van der Waals surface area contributed by atoms with Crippen molar-refractivity contribution in [2.45, 2.75) is 19.4 Å². The first-order valence-electron chi connectivity index (χ1n) is 4.19. The van der Waals surface area contributed by atoms with Crippen molar-refractivity contribution in [2.24, 2.45) is 0 Å². The van der Waals surface area contributed by atoms with Crippen molar-refractivity contribution in [3.05, 3.63) is 35.6 Å². The average molecular weight is 234 g/mol. The van der Waals surface area contributed by atoms with Crippen molar-refractivity contribution in [1.82, 2.24) is 5.48 Å². The number of halogens is 2. The predicted molar refractivity (Wildman–Crippen MR) is 57.0 cm³/mol. The molecule has 0 aromatic heterocycles. The van der Waals surface area contributed by atoms with Gasteiger partial charge in [-0.05, 0) is 38.1 Å². The highest BCUT2D eigenvalue weighted by Crippen LogP contribution is 2.12. The fourth-order valence-corrected chi connectivity index (χ4v) is 1.01. The molecule has 0 aliphatic rings. The van der Waals surface area contributed by atoms with Crippen LogP contribution in [-0.2, 0) is 0 Å². The van der Waals surface area contributed by atoms with E-state index >= 15 is 0 Å². The van der Waals surface area contributed by atoms with Crippen LogP contribution in [-0.4, -0.2) is 16.5 Å². The average Bonchev–Trinajstić information content (AvgIpc) is 2.18. The van der Waals surface area contributed by atoms with Crippen molar-refractivity contribution >= 4 is 18.2 Å². The minimum Gasteiger partial charge on any atom is -0.316 e. The third-order valence-electron chi connectivity index (χ3n) is 1.95. The number of carbonyl (C=O) groups excluding carboxylic acids is 1. The molecule has 0 amide bonds. The van der Waals surface area contributed by atoms with Gasteiger partial charge >= 0.3 is 0 Å². The molecule has 1 aromatic carbocycles. The van der Waals surface area contributed by atoms with E-state index in [9.17, 15) is 9.18 Å². The molecule has 15 heavy (non-hydrogen) atoms. The highest BCUT2D eigenvalue weighted by molar-refractivity contribution is 6.02. The van der Waals surface area contributed by atoms with E-state index in [0.717, 1.165) is 0 Å². The number of rotatable bonds is 3. The summed E-state index contributed by atoms with van der Waals surface area (Å²) in [5, 5.41) is 8.74. The minimum absolute atomic E-state index is 0. The lowest BCUT2D eigenvalue weighted by molar-refractivity contribution is 0.0569. The Hall–Kier alpha value is -0.970. The van der Waals surface area contributed by atoms with Crippen molar-refractivity contribution in [2.75, 3.05) is 0 Å². The molecule has 3 nitrogen and oxygen atoms in total. The van der Waals surface area contributed by atoms with Crippen LogP contribution in [0.1, 0.15) is 24.2 Å². The van der Waals surface area contributed by atoms with E-state index in [1.165, 1.54) is 24.3 Å². The highest BCUT2D eigenvalue weighted by atomic mass is 35.5. The van der Waals surface area contributed by atoms with E-state index in [0.29, 0.717) is 5.56 Å². The Morgan fingerprint density at radius 3 is 2.20 bits per heavy atom. The van der Waals surface area contributed by atoms with Crippen molar-refractivity contribution in [3.63, 3.8) is 0 Å². The SMILES string of the molecule is CC(C)(NO)C(=O)c1ccc(F)cc1.Cl. The Balaban J connectivity index is 0.00000196. The molecule has 0 unspecified atom stereocenters. The molecule has 0 heterocycles. The molecule has 0 bridgehead atoms. The molecule has 0 saturated heterocycles. The van der Waals surface area contributed by atoms with Crippen LogP contribution >= 0.6 is 12.4 Å². The molecule has 84 valence electrons. The monoisotopic (exact) mass is 233 g/mol. The summed E-state index contributed by atoms with van der Waals surface area (Å²) in [6, 6.07) is 5.19. The van der Waals surface area contributed by atoms with E-state index in [4.69, 9.17) is 5.21 Å². The third kappa shape index (κ3) is 3.27. The maximum Gasteiger partial charge on any atom is 0.184 e. The molecule has 0 aliphatic heterocycles. The van der Waals surface area contributed by atoms with Crippen LogP contribution in [0.25, 0.3) is 0 Å². The lowest BCUT2D eigenvalue weighted by Gasteiger charge is -2.20. The van der Waals surface area contributed by atoms with E-state index in [2.05, 4.69) is 0 Å². The molecule has 5 heteroatoms. The third-order valence-corrected chi connectivity index (χ3v) is 1.95. The van der Waals surface area contributed by atoms with Crippen molar-refractivity contribution in [1.29, 1.82) is 0 Å². The number of Topliss-reactive ketones (excluding diaryl/α,β-unsaturated/α-hetero) is 1. The zero-order valence-corrected chi connectivity index (χ0v) is 9.27. The number of hydroxylamine groups is 1. The quantitative estimate of drug-likeness (QED) is 0.622. The summed E-state index contributed by atoms with van der Waals surface area (Å²) in [6.45, 7) is 3.08. The lowest BCUT2D eigenvalue weighted by Crippen LogP contribution is -2.44. The second-order valence-corrected chi connectivity index (χ2v) is 3.57. The van der Waals surface area contributed by atoms with Crippen LogP contribution in [0, 0.1) is 5.82 Å². The van der Waals surface area contributed by atoms with Crippen LogP contribution in [0.3, 0.4) is 0 Å². The zero-order valence-electron chi connectivity index (χ0n) is 8.45. The minimum atomic E-state index is -1.06. The number of nitrogens with one attached hydrogen (secondary N) is 1. The Morgan fingerprint density at radius 1 is 1.33 bits per heavy atom. The van der Waals surface area contributed by atoms with Gasteiger partial charge in [0.2, 0.25) is 0 Å². The normalized spacial score (nSPS) is 10.7. The lowest BCUT2D eigenvalue weighted by atomic mass is 9.94. The Morgan fingerprint density at radius 2 is 1.80 bits per heavy atom. The number of benzene rings is 1. The second-order valence-electron chi connectivity index (χ2n) is 3.57. The van der Waals surface area contributed by atoms with E-state index in [1.54, 1.807) is 13.8 Å². The number of carbonyl (C=O) groups is 1. The van der Waals surface area contributed by atoms with Crippen LogP contribution in [0.2, 0.25) is 0 Å². The van der Waals surface area contributed by atoms with Gasteiger partial charge in [0.05, 0.1) is 0 Å². The van der Waals surface area contributed by atoms with Crippen molar-refractivity contribution in [3.8, 4) is 0 Å². The zero-order chi connectivity index (χ0) is 10.8. The molecular weight excluding hydrogens is 221 g/mol. The Kier molecular flexibility index (Phi) is 4.87. The molecule has 0 spiro atoms. The van der Waals surface area contributed by atoms with Crippen LogP contribution in [0.4, 0.5) is 4.39 Å². The topological polar surface area (TPSA) is 49.3 Å². The summed E-state index contributed by atoms with van der Waals surface area (Å²) < 4.78 is 12.6. The summed E-state index contributed by atoms with van der Waals surface area (Å²) >= 11 is 0. The van der Waals surface area contributed by atoms with Crippen LogP contribution < -0.4 is 5.48 Å². The van der Waals surface area contributed by atoms with E-state index < -0.39 is 11.4 Å². The van der Waals surface area contributed by atoms with Crippen LogP contribution in [0.5, 0.6) is 0 Å². The van der Waals surface area contributed by atoms with E-state index in [-0.39, 0.29) is 18.2 Å². The first-order chi connectivity index (χ1) is 6.47.